The summed E-state index contributed by atoms with van der Waals surface area (Å²) in [5, 5.41) is 16.0. The van der Waals surface area contributed by atoms with Crippen LogP contribution in [0.3, 0.4) is 0 Å². The molecule has 23 heavy (non-hydrogen) atoms. The molecule has 0 fully saturated rings. The van der Waals surface area contributed by atoms with E-state index in [2.05, 4.69) is 10.2 Å². The summed E-state index contributed by atoms with van der Waals surface area (Å²) in [6, 6.07) is 7.10. The topological polar surface area (TPSA) is 78.5 Å². The summed E-state index contributed by atoms with van der Waals surface area (Å²) in [6.45, 7) is 0.472. The number of carbonyl (C=O) groups is 1. The van der Waals surface area contributed by atoms with Crippen LogP contribution in [-0.2, 0) is 6.61 Å². The second kappa shape index (κ2) is 6.62. The van der Waals surface area contributed by atoms with E-state index >= 15 is 0 Å². The molecule has 1 atom stereocenters. The first-order chi connectivity index (χ1) is 11.2. The van der Waals surface area contributed by atoms with E-state index in [9.17, 15) is 14.3 Å². The lowest BCUT2D eigenvalue weighted by molar-refractivity contribution is 0.0694. The average molecular weight is 317 g/mol. The predicted molar refractivity (Wildman–Crippen MR) is 80.4 cm³/mol. The first-order valence-electron chi connectivity index (χ1n) is 7.18. The highest BCUT2D eigenvalue weighted by Gasteiger charge is 2.26. The summed E-state index contributed by atoms with van der Waals surface area (Å²) < 4.78 is 18.5. The number of ether oxygens (including phenoxy) is 1. The van der Waals surface area contributed by atoms with Gasteiger partial charge in [0.15, 0.2) is 5.69 Å². The molecule has 2 heterocycles. The van der Waals surface area contributed by atoms with Crippen molar-refractivity contribution in [2.45, 2.75) is 12.6 Å². The number of aromatic amines is 1. The third kappa shape index (κ3) is 3.40. The van der Waals surface area contributed by atoms with Crippen LogP contribution in [0.1, 0.15) is 16.2 Å². The summed E-state index contributed by atoms with van der Waals surface area (Å²) in [5.41, 5.74) is 0.857. The molecule has 3 rings (SSSR count). The number of hydrogen-bond donors (Lipinski definition) is 2. The zero-order valence-corrected chi connectivity index (χ0v) is 12.3. The molecule has 0 saturated heterocycles. The number of nitrogens with one attached hydrogen (secondary N) is 1. The van der Waals surface area contributed by atoms with E-state index in [1.807, 2.05) is 6.08 Å². The fourth-order valence-corrected chi connectivity index (χ4v) is 2.37. The molecule has 1 aromatic heterocycles. The van der Waals surface area contributed by atoms with Gasteiger partial charge < -0.3 is 14.7 Å². The average Bonchev–Trinajstić information content (AvgIpc) is 3.21. The molecule has 1 amide bonds. The normalized spacial score (nSPS) is 16.8. The molecule has 1 aliphatic rings. The highest BCUT2D eigenvalue weighted by atomic mass is 19.1. The molecule has 120 valence electrons. The first kappa shape index (κ1) is 15.2. The molecule has 0 radical (unpaired) electrons. The minimum absolute atomic E-state index is 0.123. The second-order valence-electron chi connectivity index (χ2n) is 5.16. The number of carbonyl (C=O) groups excluding carboxylic acids is 1. The Hall–Kier alpha value is -2.67. The molecule has 6 nitrogen and oxygen atoms in total. The van der Waals surface area contributed by atoms with Crippen molar-refractivity contribution in [1.82, 2.24) is 15.1 Å². The van der Waals surface area contributed by atoms with Gasteiger partial charge in [-0.15, -0.1) is 0 Å². The molecule has 2 aromatic rings. The molecule has 0 aliphatic carbocycles. The highest BCUT2D eigenvalue weighted by Crippen LogP contribution is 2.16. The third-order valence-electron chi connectivity index (χ3n) is 3.55. The third-order valence-corrected chi connectivity index (χ3v) is 3.55. The van der Waals surface area contributed by atoms with Gasteiger partial charge in [-0.1, -0.05) is 18.2 Å². The Morgan fingerprint density at radius 2 is 2.35 bits per heavy atom. The van der Waals surface area contributed by atoms with E-state index in [0.29, 0.717) is 18.0 Å². The van der Waals surface area contributed by atoms with Crippen molar-refractivity contribution in [3.63, 3.8) is 0 Å². The number of hydrogen-bond acceptors (Lipinski definition) is 4. The van der Waals surface area contributed by atoms with Crippen molar-refractivity contribution in [2.75, 3.05) is 13.2 Å². The Labute approximate surface area is 132 Å². The van der Waals surface area contributed by atoms with Crippen LogP contribution in [0.25, 0.3) is 0 Å². The summed E-state index contributed by atoms with van der Waals surface area (Å²) in [6.07, 6.45) is 3.62. The van der Waals surface area contributed by atoms with E-state index in [-0.39, 0.29) is 36.7 Å². The maximum absolute atomic E-state index is 13.1. The molecule has 7 heteroatoms. The molecule has 1 aliphatic heterocycles. The zero-order valence-electron chi connectivity index (χ0n) is 12.3. The second-order valence-corrected chi connectivity index (χ2v) is 5.16. The van der Waals surface area contributed by atoms with Crippen molar-refractivity contribution in [2.24, 2.45) is 0 Å². The molecule has 2 N–H and O–H groups in total. The van der Waals surface area contributed by atoms with Gasteiger partial charge in [0, 0.05) is 12.6 Å². The van der Waals surface area contributed by atoms with E-state index in [0.717, 1.165) is 0 Å². The van der Waals surface area contributed by atoms with Gasteiger partial charge in [0.05, 0.1) is 18.3 Å². The van der Waals surface area contributed by atoms with E-state index in [4.69, 9.17) is 4.74 Å². The quantitative estimate of drug-likeness (QED) is 0.819. The predicted octanol–water partition coefficient (Wildman–Crippen LogP) is 1.50. The van der Waals surface area contributed by atoms with Crippen molar-refractivity contribution < 1.29 is 19.0 Å². The molecule has 0 bridgehead atoms. The standard InChI is InChI=1S/C16H16FN3O3/c17-11-3-1-5-14(7-11)23-10-12-8-15(19-18-12)16(22)20-6-2-4-13(20)9-21/h1-5,7-8,13,21H,6,9-10H2,(H,18,19). The molecule has 1 unspecified atom stereocenters. The Kier molecular flexibility index (Phi) is 4.38. The Morgan fingerprint density at radius 3 is 3.13 bits per heavy atom. The van der Waals surface area contributed by atoms with Crippen LogP contribution in [0.15, 0.2) is 42.5 Å². The van der Waals surface area contributed by atoms with Crippen LogP contribution in [-0.4, -0.2) is 45.3 Å². The van der Waals surface area contributed by atoms with Gasteiger partial charge in [-0.2, -0.15) is 5.10 Å². The lowest BCUT2D eigenvalue weighted by Gasteiger charge is -2.21. The number of benzene rings is 1. The maximum Gasteiger partial charge on any atom is 0.275 e. The lowest BCUT2D eigenvalue weighted by Crippen LogP contribution is -2.38. The van der Waals surface area contributed by atoms with Crippen molar-refractivity contribution in [1.29, 1.82) is 0 Å². The van der Waals surface area contributed by atoms with Crippen LogP contribution in [0, 0.1) is 5.82 Å². The zero-order chi connectivity index (χ0) is 16.2. The number of aromatic nitrogens is 2. The van der Waals surface area contributed by atoms with Gasteiger partial charge in [0.2, 0.25) is 0 Å². The highest BCUT2D eigenvalue weighted by molar-refractivity contribution is 5.93. The van der Waals surface area contributed by atoms with Crippen molar-refractivity contribution in [3.8, 4) is 5.75 Å². The number of H-pyrrole nitrogens is 1. The number of aliphatic hydroxyl groups excluding tert-OH is 1. The van der Waals surface area contributed by atoms with Gasteiger partial charge in [-0.25, -0.2) is 4.39 Å². The van der Waals surface area contributed by atoms with Gasteiger partial charge in [-0.05, 0) is 18.2 Å². The molecule has 0 spiro atoms. The molecular weight excluding hydrogens is 301 g/mol. The van der Waals surface area contributed by atoms with Crippen LogP contribution < -0.4 is 4.74 Å². The number of amides is 1. The largest absolute Gasteiger partial charge is 0.487 e. The van der Waals surface area contributed by atoms with Crippen LogP contribution in [0.5, 0.6) is 5.75 Å². The first-order valence-corrected chi connectivity index (χ1v) is 7.18. The summed E-state index contributed by atoms with van der Waals surface area (Å²) in [7, 11) is 0. The van der Waals surface area contributed by atoms with Gasteiger partial charge >= 0.3 is 0 Å². The summed E-state index contributed by atoms with van der Waals surface area (Å²) in [5.74, 6) is -0.238. The van der Waals surface area contributed by atoms with Gasteiger partial charge in [0.1, 0.15) is 18.2 Å². The number of aliphatic hydroxyl groups is 1. The smallest absolute Gasteiger partial charge is 0.275 e. The summed E-state index contributed by atoms with van der Waals surface area (Å²) >= 11 is 0. The number of halogens is 1. The van der Waals surface area contributed by atoms with Crippen LogP contribution in [0.4, 0.5) is 4.39 Å². The minimum atomic E-state index is -0.375. The SMILES string of the molecule is O=C(c1cc(COc2cccc(F)c2)[nH]n1)N1CC=CC1CO. The number of nitrogens with zero attached hydrogens (tertiary/aromatic N) is 2. The Bertz CT molecular complexity index is 729. The molecular formula is C16H16FN3O3. The minimum Gasteiger partial charge on any atom is -0.487 e. The Balaban J connectivity index is 1.63. The fraction of sp³-hybridized carbons (Fsp3) is 0.250. The Morgan fingerprint density at radius 1 is 1.48 bits per heavy atom. The van der Waals surface area contributed by atoms with E-state index in [1.54, 1.807) is 24.3 Å². The van der Waals surface area contributed by atoms with Crippen molar-refractivity contribution in [3.05, 3.63) is 59.7 Å². The van der Waals surface area contributed by atoms with Crippen LogP contribution >= 0.6 is 0 Å². The van der Waals surface area contributed by atoms with E-state index in [1.165, 1.54) is 17.0 Å². The lowest BCUT2D eigenvalue weighted by atomic mass is 10.2. The summed E-state index contributed by atoms with van der Waals surface area (Å²) in [4.78, 5) is 13.9. The molecule has 1 aromatic carbocycles. The van der Waals surface area contributed by atoms with Crippen LogP contribution in [0.2, 0.25) is 0 Å². The van der Waals surface area contributed by atoms with Gasteiger partial charge in [-0.3, -0.25) is 9.89 Å². The van der Waals surface area contributed by atoms with Crippen molar-refractivity contribution >= 4 is 5.91 Å². The fourth-order valence-electron chi connectivity index (χ4n) is 2.37. The van der Waals surface area contributed by atoms with E-state index < -0.39 is 0 Å². The monoisotopic (exact) mass is 317 g/mol. The molecule has 0 saturated carbocycles. The number of rotatable bonds is 5. The maximum atomic E-state index is 13.1. The van der Waals surface area contributed by atoms with Gasteiger partial charge in [0.25, 0.3) is 5.91 Å².